The lowest BCUT2D eigenvalue weighted by molar-refractivity contribution is 0.583. The van der Waals surface area contributed by atoms with Gasteiger partial charge in [-0.3, -0.25) is 5.41 Å². The van der Waals surface area contributed by atoms with Crippen molar-refractivity contribution in [1.29, 1.82) is 5.41 Å². The van der Waals surface area contributed by atoms with E-state index in [0.717, 1.165) is 6.07 Å². The van der Waals surface area contributed by atoms with Crippen molar-refractivity contribution >= 4 is 17.2 Å². The molecule has 0 aromatic carbocycles. The van der Waals surface area contributed by atoms with Gasteiger partial charge in [-0.05, 0) is 6.07 Å². The Hall–Kier alpha value is -2.50. The molecule has 0 unspecified atom stereocenters. The number of nitrogen functional groups attached to an aromatic ring is 2. The van der Waals surface area contributed by atoms with Crippen LogP contribution in [0.5, 0.6) is 0 Å². The smallest absolute Gasteiger partial charge is 0.213 e. The Morgan fingerprint density at radius 2 is 2.00 bits per heavy atom. The van der Waals surface area contributed by atoms with Crippen molar-refractivity contribution in [2.75, 3.05) is 11.5 Å². The first-order valence-corrected chi connectivity index (χ1v) is 4.80. The summed E-state index contributed by atoms with van der Waals surface area (Å²) >= 11 is 0. The Kier molecular flexibility index (Phi) is 2.70. The summed E-state index contributed by atoms with van der Waals surface area (Å²) in [5.74, 6) is -0.366. The Morgan fingerprint density at radius 3 is 2.65 bits per heavy atom. The Labute approximate surface area is 96.8 Å². The third kappa shape index (κ3) is 2.20. The zero-order chi connectivity index (χ0) is 12.4. The molecule has 17 heavy (non-hydrogen) atoms. The molecule has 0 saturated carbocycles. The number of rotatable bonds is 2. The normalized spacial score (nSPS) is 10.2. The fraction of sp³-hybridized carbons (Fsp3) is 0. The van der Waals surface area contributed by atoms with E-state index in [0.29, 0.717) is 16.8 Å². The summed E-state index contributed by atoms with van der Waals surface area (Å²) in [7, 11) is 0. The standard InChI is InChI=1S/C11H10FN5/c12-9-3-6(1-2-16-9)11(15)7-5-17-10(14)4-8(7)13/h1-5,15H,(H4,13,14,17). The molecule has 0 aliphatic carbocycles. The second kappa shape index (κ2) is 4.17. The fourth-order valence-corrected chi connectivity index (χ4v) is 1.41. The maximum absolute atomic E-state index is 12.9. The quantitative estimate of drug-likeness (QED) is 0.533. The molecule has 0 aliphatic rings. The van der Waals surface area contributed by atoms with Gasteiger partial charge in [-0.25, -0.2) is 9.97 Å². The lowest BCUT2D eigenvalue weighted by Gasteiger charge is -2.07. The fourth-order valence-electron chi connectivity index (χ4n) is 1.41. The van der Waals surface area contributed by atoms with Gasteiger partial charge in [0.2, 0.25) is 5.95 Å². The number of aromatic nitrogens is 2. The topological polar surface area (TPSA) is 102 Å². The summed E-state index contributed by atoms with van der Waals surface area (Å²) in [5.41, 5.74) is 12.4. The van der Waals surface area contributed by atoms with Crippen LogP contribution in [0.2, 0.25) is 0 Å². The van der Waals surface area contributed by atoms with Crippen LogP contribution in [0.15, 0.2) is 30.6 Å². The predicted molar refractivity (Wildman–Crippen MR) is 63.2 cm³/mol. The zero-order valence-electron chi connectivity index (χ0n) is 8.81. The summed E-state index contributed by atoms with van der Waals surface area (Å²) in [6.07, 6.45) is 2.69. The van der Waals surface area contributed by atoms with Crippen LogP contribution in [-0.4, -0.2) is 15.7 Å². The van der Waals surface area contributed by atoms with E-state index in [-0.39, 0.29) is 11.5 Å². The Balaban J connectivity index is 2.44. The van der Waals surface area contributed by atoms with Gasteiger partial charge in [0.25, 0.3) is 0 Å². The molecule has 0 atom stereocenters. The molecule has 0 spiro atoms. The van der Waals surface area contributed by atoms with Crippen molar-refractivity contribution in [2.24, 2.45) is 0 Å². The highest BCUT2D eigenvalue weighted by Crippen LogP contribution is 2.17. The van der Waals surface area contributed by atoms with Gasteiger partial charge in [0.05, 0.1) is 5.71 Å². The van der Waals surface area contributed by atoms with Crippen LogP contribution in [0, 0.1) is 11.4 Å². The third-order valence-corrected chi connectivity index (χ3v) is 2.24. The molecule has 0 amide bonds. The minimum Gasteiger partial charge on any atom is -0.398 e. The average molecular weight is 231 g/mol. The van der Waals surface area contributed by atoms with Crippen molar-refractivity contribution in [2.45, 2.75) is 0 Å². The molecule has 0 bridgehead atoms. The lowest BCUT2D eigenvalue weighted by Crippen LogP contribution is -2.08. The number of nitrogens with zero attached hydrogens (tertiary/aromatic N) is 2. The van der Waals surface area contributed by atoms with E-state index in [2.05, 4.69) is 9.97 Å². The molecule has 2 heterocycles. The van der Waals surface area contributed by atoms with Crippen molar-refractivity contribution < 1.29 is 4.39 Å². The van der Waals surface area contributed by atoms with E-state index in [1.54, 1.807) is 0 Å². The second-order valence-corrected chi connectivity index (χ2v) is 3.44. The number of hydrogen-bond acceptors (Lipinski definition) is 5. The van der Waals surface area contributed by atoms with Gasteiger partial charge in [0, 0.05) is 41.3 Å². The maximum atomic E-state index is 12.9. The van der Waals surface area contributed by atoms with Crippen molar-refractivity contribution in [3.8, 4) is 0 Å². The van der Waals surface area contributed by atoms with E-state index in [4.69, 9.17) is 16.9 Å². The largest absolute Gasteiger partial charge is 0.398 e. The minimum absolute atomic E-state index is 0.0799. The second-order valence-electron chi connectivity index (χ2n) is 3.44. The Morgan fingerprint density at radius 1 is 1.24 bits per heavy atom. The highest BCUT2D eigenvalue weighted by Gasteiger charge is 2.10. The molecule has 5 N–H and O–H groups in total. The third-order valence-electron chi connectivity index (χ3n) is 2.24. The van der Waals surface area contributed by atoms with Gasteiger partial charge >= 0.3 is 0 Å². The van der Waals surface area contributed by atoms with Crippen molar-refractivity contribution in [3.63, 3.8) is 0 Å². The summed E-state index contributed by atoms with van der Waals surface area (Å²) in [4.78, 5) is 7.28. The molecule has 2 aromatic rings. The average Bonchev–Trinajstić information content (AvgIpc) is 2.28. The first-order valence-electron chi connectivity index (χ1n) is 4.80. The minimum atomic E-state index is -0.644. The van der Waals surface area contributed by atoms with Crippen LogP contribution in [0.3, 0.4) is 0 Å². The number of halogens is 1. The van der Waals surface area contributed by atoms with Crippen molar-refractivity contribution in [3.05, 3.63) is 47.7 Å². The van der Waals surface area contributed by atoms with Gasteiger partial charge in [-0.2, -0.15) is 4.39 Å². The molecule has 86 valence electrons. The van der Waals surface area contributed by atoms with E-state index < -0.39 is 5.95 Å². The number of pyridine rings is 2. The van der Waals surface area contributed by atoms with Gasteiger partial charge < -0.3 is 11.5 Å². The van der Waals surface area contributed by atoms with Gasteiger partial charge in [0.1, 0.15) is 5.82 Å². The monoisotopic (exact) mass is 231 g/mol. The van der Waals surface area contributed by atoms with Crippen LogP contribution in [0.4, 0.5) is 15.9 Å². The molecule has 2 aromatic heterocycles. The molecule has 6 heteroatoms. The van der Waals surface area contributed by atoms with E-state index in [9.17, 15) is 4.39 Å². The molecule has 5 nitrogen and oxygen atoms in total. The molecular formula is C11H10FN5. The van der Waals surface area contributed by atoms with Gasteiger partial charge in [-0.1, -0.05) is 0 Å². The van der Waals surface area contributed by atoms with E-state index in [1.165, 1.54) is 24.5 Å². The van der Waals surface area contributed by atoms with Crippen molar-refractivity contribution in [1.82, 2.24) is 9.97 Å². The number of nitrogens with one attached hydrogen (secondary N) is 1. The van der Waals surface area contributed by atoms with Gasteiger partial charge in [-0.15, -0.1) is 0 Å². The van der Waals surface area contributed by atoms with Crippen LogP contribution in [0.1, 0.15) is 11.1 Å². The first-order chi connectivity index (χ1) is 8.08. The maximum Gasteiger partial charge on any atom is 0.213 e. The van der Waals surface area contributed by atoms with Crippen LogP contribution in [-0.2, 0) is 0 Å². The molecule has 0 saturated heterocycles. The van der Waals surface area contributed by atoms with E-state index >= 15 is 0 Å². The first kappa shape index (κ1) is 11.0. The molecule has 0 aliphatic heterocycles. The zero-order valence-corrected chi connectivity index (χ0v) is 8.81. The highest BCUT2D eigenvalue weighted by molar-refractivity contribution is 6.13. The predicted octanol–water partition coefficient (Wildman–Crippen LogP) is 1.20. The van der Waals surface area contributed by atoms with Crippen LogP contribution >= 0.6 is 0 Å². The lowest BCUT2D eigenvalue weighted by atomic mass is 10.0. The van der Waals surface area contributed by atoms with Gasteiger partial charge in [0.15, 0.2) is 0 Å². The Bertz CT molecular complexity index is 582. The number of nitrogens with two attached hydrogens (primary N) is 2. The molecular weight excluding hydrogens is 221 g/mol. The van der Waals surface area contributed by atoms with Crippen LogP contribution < -0.4 is 11.5 Å². The summed E-state index contributed by atoms with van der Waals surface area (Å²) in [6, 6.07) is 4.15. The summed E-state index contributed by atoms with van der Waals surface area (Å²) < 4.78 is 12.9. The SMILES string of the molecule is N=C(c1ccnc(F)c1)c1cnc(N)cc1N. The number of hydrogen-bond donors (Lipinski definition) is 3. The van der Waals surface area contributed by atoms with E-state index in [1.807, 2.05) is 0 Å². The van der Waals surface area contributed by atoms with Crippen LogP contribution in [0.25, 0.3) is 0 Å². The molecule has 0 fully saturated rings. The summed E-state index contributed by atoms with van der Waals surface area (Å²) in [5, 5.41) is 7.92. The number of anilines is 2. The highest BCUT2D eigenvalue weighted by atomic mass is 19.1. The summed E-state index contributed by atoms with van der Waals surface area (Å²) in [6.45, 7) is 0. The molecule has 0 radical (unpaired) electrons. The molecule has 2 rings (SSSR count).